The molecule has 4 nitrogen and oxygen atoms in total. The van der Waals surface area contributed by atoms with Crippen molar-refractivity contribution in [2.75, 3.05) is 0 Å². The van der Waals surface area contributed by atoms with Crippen molar-refractivity contribution in [2.45, 2.75) is 0 Å². The minimum absolute atomic E-state index is 0. The van der Waals surface area contributed by atoms with E-state index in [2.05, 4.69) is 0 Å². The fourth-order valence-electron chi connectivity index (χ4n) is 0. The van der Waals surface area contributed by atoms with E-state index in [1.165, 1.54) is 0 Å². The van der Waals surface area contributed by atoms with Crippen molar-refractivity contribution in [3.05, 3.63) is 0 Å². The molecule has 0 amide bonds. The molecule has 0 spiro atoms. The second-order valence-electron chi connectivity index (χ2n) is 0.283. The normalized spacial score (nSPS) is 3.43. The zero-order chi connectivity index (χ0) is 3.58. The Morgan fingerprint density at radius 3 is 1.29 bits per heavy atom. The van der Waals surface area contributed by atoms with Gasteiger partial charge in [0.05, 0.1) is 0 Å². The van der Waals surface area contributed by atoms with Gasteiger partial charge in [0.1, 0.15) is 0 Å². The number of hydrogen-bond donors (Lipinski definition) is 2. The second-order valence-corrected chi connectivity index (χ2v) is 0.283. The quantitative estimate of drug-likeness (QED) is 0.370. The van der Waals surface area contributed by atoms with Gasteiger partial charge in [-0.25, -0.2) is 4.79 Å². The molecule has 0 aliphatic heterocycles. The van der Waals surface area contributed by atoms with Gasteiger partial charge in [-0.05, 0) is 0 Å². The third kappa shape index (κ3) is 170. The van der Waals surface area contributed by atoms with Crippen LogP contribution < -0.4 is 0 Å². The van der Waals surface area contributed by atoms with E-state index in [-0.39, 0.29) is 60.6 Å². The molecule has 6 heteroatoms. The van der Waals surface area contributed by atoms with Crippen LogP contribution in [0.3, 0.4) is 0 Å². The molecule has 0 aromatic rings. The number of carboxylic acid groups (broad SMARTS) is 2. The third-order valence-corrected chi connectivity index (χ3v) is 0. The summed E-state index contributed by atoms with van der Waals surface area (Å²) < 4.78 is 0. The van der Waals surface area contributed by atoms with E-state index in [9.17, 15) is 0 Å². The van der Waals surface area contributed by atoms with Crippen LogP contribution >= 0.6 is 0 Å². The topological polar surface area (TPSA) is 89.0 Å². The minimum atomic E-state index is -1.83. The van der Waals surface area contributed by atoms with Crippen LogP contribution in [0.15, 0.2) is 0 Å². The Labute approximate surface area is 81.0 Å². The van der Waals surface area contributed by atoms with Crippen molar-refractivity contribution in [3.63, 3.8) is 0 Å². The van der Waals surface area contributed by atoms with Gasteiger partial charge in [0.15, 0.2) is 17.4 Å². The van der Waals surface area contributed by atoms with E-state index < -0.39 is 6.16 Å². The standard InChI is InChI=1S/CH2O3.Al.Ca.H2O.5H/c2-1(3)4;;;;;;;;/h(H2,2,3,4);;;1H2;;;;;. The predicted molar refractivity (Wildman–Crippen MR) is 32.8 cm³/mol. The molecule has 0 radical (unpaired) electrons. The summed E-state index contributed by atoms with van der Waals surface area (Å²) in [4.78, 5) is 8.56. The Hall–Kier alpha value is 1.02. The first-order valence-electron chi connectivity index (χ1n) is 0.651. The molecule has 0 aliphatic rings. The summed E-state index contributed by atoms with van der Waals surface area (Å²) in [6.45, 7) is 0. The zero-order valence-electron chi connectivity index (χ0n) is 2.30. The fourth-order valence-corrected chi connectivity index (χ4v) is 0. The molecule has 0 saturated heterocycles. The van der Waals surface area contributed by atoms with Gasteiger partial charge < -0.3 is 15.7 Å². The summed E-state index contributed by atoms with van der Waals surface area (Å²) in [5.41, 5.74) is 0. The van der Waals surface area contributed by atoms with Crippen molar-refractivity contribution in [1.29, 1.82) is 0 Å². The maximum atomic E-state index is 8.56. The average Bonchev–Trinajstić information content (AvgIpc) is 0.811. The molecule has 0 heterocycles. The van der Waals surface area contributed by atoms with Crippen LogP contribution in [0.4, 0.5) is 4.79 Å². The van der Waals surface area contributed by atoms with E-state index in [0.717, 1.165) is 0 Å². The molecular weight excluding hydrogens is 143 g/mol. The number of hydrogen-bond acceptors (Lipinski definition) is 1. The van der Waals surface area contributed by atoms with Crippen LogP contribution in [0, 0.1) is 0 Å². The van der Waals surface area contributed by atoms with Crippen LogP contribution in [0.2, 0.25) is 0 Å². The first-order chi connectivity index (χ1) is 1.73. The average molecular weight is 152 g/mol. The predicted octanol–water partition coefficient (Wildman–Crippen LogP) is -2.70. The van der Waals surface area contributed by atoms with Gasteiger partial charge in [0.2, 0.25) is 0 Å². The van der Waals surface area contributed by atoms with Crippen LogP contribution in [-0.4, -0.2) is 76.9 Å². The van der Waals surface area contributed by atoms with E-state index >= 15 is 0 Å². The summed E-state index contributed by atoms with van der Waals surface area (Å²) >= 11 is 0. The van der Waals surface area contributed by atoms with Crippen LogP contribution in [0.1, 0.15) is 0 Å². The molecule has 0 atom stereocenters. The monoisotopic (exact) mass is 152 g/mol. The molecule has 4 N–H and O–H groups in total. The Kier molecular flexibility index (Phi) is 55.0. The molecule has 7 heavy (non-hydrogen) atoms. The molecule has 0 fully saturated rings. The summed E-state index contributed by atoms with van der Waals surface area (Å²) in [7, 11) is 0. The van der Waals surface area contributed by atoms with Gasteiger partial charge in [-0.15, -0.1) is 0 Å². The van der Waals surface area contributed by atoms with Gasteiger partial charge in [-0.3, -0.25) is 0 Å². The van der Waals surface area contributed by atoms with E-state index in [4.69, 9.17) is 15.0 Å². The number of rotatable bonds is 0. The molecule has 0 bridgehead atoms. The van der Waals surface area contributed by atoms with Crippen molar-refractivity contribution in [3.8, 4) is 0 Å². The van der Waals surface area contributed by atoms with Gasteiger partial charge in [-0.2, -0.15) is 0 Å². The van der Waals surface area contributed by atoms with E-state index in [1.807, 2.05) is 0 Å². The van der Waals surface area contributed by atoms with E-state index in [1.54, 1.807) is 0 Å². The third-order valence-electron chi connectivity index (χ3n) is 0. The maximum absolute atomic E-state index is 8.56. The van der Waals surface area contributed by atoms with Crippen molar-refractivity contribution in [1.82, 2.24) is 0 Å². The molecule has 0 aliphatic carbocycles. The van der Waals surface area contributed by atoms with Crippen molar-refractivity contribution in [2.24, 2.45) is 0 Å². The van der Waals surface area contributed by atoms with Crippen LogP contribution in [-0.2, 0) is 0 Å². The number of carbonyl (C=O) groups is 1. The van der Waals surface area contributed by atoms with Crippen molar-refractivity contribution < 1.29 is 20.5 Å². The van der Waals surface area contributed by atoms with E-state index in [0.29, 0.717) is 0 Å². The molecular formula is CH9AlCaO4. The van der Waals surface area contributed by atoms with Crippen LogP contribution in [0.25, 0.3) is 0 Å². The first kappa shape index (κ1) is 24.5. The summed E-state index contributed by atoms with van der Waals surface area (Å²) in [5, 5.41) is 13.9. The van der Waals surface area contributed by atoms with Gasteiger partial charge in [0.25, 0.3) is 0 Å². The summed E-state index contributed by atoms with van der Waals surface area (Å²) in [5.74, 6) is 0. The first-order valence-corrected chi connectivity index (χ1v) is 0.651. The molecule has 0 aromatic carbocycles. The molecule has 0 aromatic heterocycles. The fraction of sp³-hybridized carbons (Fsp3) is 0. The summed E-state index contributed by atoms with van der Waals surface area (Å²) in [6.07, 6.45) is -1.83. The van der Waals surface area contributed by atoms with Gasteiger partial charge in [-0.1, -0.05) is 0 Å². The molecule has 0 saturated carbocycles. The Morgan fingerprint density at radius 2 is 1.29 bits per heavy atom. The summed E-state index contributed by atoms with van der Waals surface area (Å²) in [6, 6.07) is 0. The SMILES string of the molecule is O.O=C(O)O.[AlH3].[CaH2]. The molecule has 0 unspecified atom stereocenters. The van der Waals surface area contributed by atoms with Gasteiger partial charge >= 0.3 is 43.9 Å². The second kappa shape index (κ2) is 15.7. The zero-order valence-corrected chi connectivity index (χ0v) is 2.30. The Bertz CT molecular complexity index is 34.7. The Balaban J connectivity index is -0.0000000150. The Morgan fingerprint density at radius 1 is 1.29 bits per heavy atom. The van der Waals surface area contributed by atoms with Crippen molar-refractivity contribution >= 4 is 61.3 Å². The van der Waals surface area contributed by atoms with Crippen LogP contribution in [0.5, 0.6) is 0 Å². The molecule has 0 rings (SSSR count). The molecule has 42 valence electrons. The van der Waals surface area contributed by atoms with Gasteiger partial charge in [0, 0.05) is 0 Å².